The number of hydrogen-bond donors (Lipinski definition) is 1. The maximum atomic E-state index is 11.6. The van der Waals surface area contributed by atoms with Crippen molar-refractivity contribution >= 4 is 11.7 Å². The number of carbonyl (C=O) groups is 2. The number of hydrogen-bond acceptors (Lipinski definition) is 4. The molecule has 0 radical (unpaired) electrons. The maximum absolute atomic E-state index is 11.6. The highest BCUT2D eigenvalue weighted by atomic mass is 16.5. The molecular formula is C21H45NO4. The van der Waals surface area contributed by atoms with E-state index in [1.165, 1.54) is 0 Å². The van der Waals surface area contributed by atoms with Crippen molar-refractivity contribution in [2.24, 2.45) is 5.92 Å². The predicted molar refractivity (Wildman–Crippen MR) is 111 cm³/mol. The number of ether oxygens (including phenoxy) is 2. The van der Waals surface area contributed by atoms with E-state index in [4.69, 9.17) is 9.47 Å². The van der Waals surface area contributed by atoms with Crippen molar-refractivity contribution in [3.05, 3.63) is 0 Å². The lowest BCUT2D eigenvalue weighted by Crippen LogP contribution is -2.27. The second kappa shape index (κ2) is 22.1. The minimum atomic E-state index is 0. The van der Waals surface area contributed by atoms with Gasteiger partial charge in [-0.2, -0.15) is 0 Å². The average Bonchev–Trinajstić information content (AvgIpc) is 2.64. The highest BCUT2D eigenvalue weighted by Crippen LogP contribution is 2.10. The average molecular weight is 376 g/mol. The van der Waals surface area contributed by atoms with E-state index in [1.54, 1.807) is 0 Å². The first-order valence-corrected chi connectivity index (χ1v) is 10.5. The predicted octanol–water partition coefficient (Wildman–Crippen LogP) is 4.77. The Morgan fingerprint density at radius 1 is 0.846 bits per heavy atom. The lowest BCUT2D eigenvalue weighted by Gasteiger charge is -2.07. The van der Waals surface area contributed by atoms with Crippen LogP contribution in [0.4, 0.5) is 0 Å². The summed E-state index contributed by atoms with van der Waals surface area (Å²) in [6, 6.07) is 0. The first-order chi connectivity index (χ1) is 12.6. The standard InChI is InChI=1S/C19H37NO4.C2H6.H2/c1-4-23-15-16-24-14-13-20-19(22)12-10-8-6-5-7-9-11-18(21)17(2)3;1-2;/h17H,4-16H2,1-3H3,(H,20,22);1-2H3;1H. The number of unbranched alkanes of at least 4 members (excludes halogenated alkanes) is 5. The molecule has 158 valence electrons. The van der Waals surface area contributed by atoms with Crippen molar-refractivity contribution in [1.82, 2.24) is 5.32 Å². The minimum absolute atomic E-state index is 0. The molecule has 26 heavy (non-hydrogen) atoms. The van der Waals surface area contributed by atoms with Gasteiger partial charge >= 0.3 is 0 Å². The van der Waals surface area contributed by atoms with Crippen LogP contribution in [0.25, 0.3) is 0 Å². The molecule has 1 amide bonds. The second-order valence-electron chi connectivity index (χ2n) is 6.40. The van der Waals surface area contributed by atoms with Crippen molar-refractivity contribution in [2.45, 2.75) is 86.0 Å². The lowest BCUT2D eigenvalue weighted by atomic mass is 10.0. The third-order valence-corrected chi connectivity index (χ3v) is 3.87. The van der Waals surface area contributed by atoms with E-state index in [1.807, 2.05) is 34.6 Å². The molecule has 5 heteroatoms. The Hall–Kier alpha value is -0.940. The SMILES string of the molecule is CC.CCOCCOCCNC(=O)CCCCCCCCC(=O)C(C)C.[HH]. The molecule has 0 aliphatic rings. The first-order valence-electron chi connectivity index (χ1n) is 10.5. The van der Waals surface area contributed by atoms with Crippen molar-refractivity contribution in [1.29, 1.82) is 0 Å². The fraction of sp³-hybridized carbons (Fsp3) is 0.905. The Kier molecular flexibility index (Phi) is 23.2. The summed E-state index contributed by atoms with van der Waals surface area (Å²) in [5, 5.41) is 2.87. The Morgan fingerprint density at radius 3 is 1.96 bits per heavy atom. The Balaban J connectivity index is -0.00000185. The van der Waals surface area contributed by atoms with Gasteiger partial charge in [0.2, 0.25) is 5.91 Å². The molecular weight excluding hydrogens is 330 g/mol. The summed E-state index contributed by atoms with van der Waals surface area (Å²) in [5.41, 5.74) is 0. The monoisotopic (exact) mass is 375 g/mol. The second-order valence-corrected chi connectivity index (χ2v) is 6.40. The van der Waals surface area contributed by atoms with Gasteiger partial charge in [-0.05, 0) is 19.8 Å². The van der Waals surface area contributed by atoms with Gasteiger partial charge in [0.1, 0.15) is 5.78 Å². The van der Waals surface area contributed by atoms with Gasteiger partial charge in [0.15, 0.2) is 0 Å². The number of Topliss-reactive ketones (excluding diaryl/α,β-unsaturated/α-hetero) is 1. The molecule has 0 fully saturated rings. The summed E-state index contributed by atoms with van der Waals surface area (Å²) in [6.45, 7) is 12.9. The number of rotatable bonds is 17. The van der Waals surface area contributed by atoms with E-state index in [-0.39, 0.29) is 13.3 Å². The fourth-order valence-electron chi connectivity index (χ4n) is 2.30. The van der Waals surface area contributed by atoms with Gasteiger partial charge in [-0.1, -0.05) is 53.4 Å². The zero-order valence-corrected chi connectivity index (χ0v) is 17.9. The van der Waals surface area contributed by atoms with Gasteiger partial charge in [0.05, 0.1) is 19.8 Å². The Morgan fingerprint density at radius 2 is 1.38 bits per heavy atom. The molecule has 0 saturated heterocycles. The van der Waals surface area contributed by atoms with E-state index in [0.29, 0.717) is 51.6 Å². The summed E-state index contributed by atoms with van der Waals surface area (Å²) in [7, 11) is 0. The van der Waals surface area contributed by atoms with Crippen LogP contribution < -0.4 is 5.32 Å². The maximum Gasteiger partial charge on any atom is 0.220 e. The summed E-state index contributed by atoms with van der Waals surface area (Å²) >= 11 is 0. The number of nitrogens with one attached hydrogen (secondary N) is 1. The van der Waals surface area contributed by atoms with Crippen molar-refractivity contribution in [2.75, 3.05) is 33.0 Å². The molecule has 0 aromatic heterocycles. The van der Waals surface area contributed by atoms with E-state index < -0.39 is 0 Å². The normalized spacial score (nSPS) is 10.4. The van der Waals surface area contributed by atoms with Crippen LogP contribution >= 0.6 is 0 Å². The summed E-state index contributed by atoms with van der Waals surface area (Å²) in [4.78, 5) is 23.1. The van der Waals surface area contributed by atoms with E-state index in [9.17, 15) is 9.59 Å². The highest BCUT2D eigenvalue weighted by molar-refractivity contribution is 5.80. The highest BCUT2D eigenvalue weighted by Gasteiger charge is 2.06. The smallest absolute Gasteiger partial charge is 0.220 e. The quantitative estimate of drug-likeness (QED) is 0.372. The van der Waals surface area contributed by atoms with Gasteiger partial charge in [-0.3, -0.25) is 9.59 Å². The lowest BCUT2D eigenvalue weighted by molar-refractivity contribution is -0.122. The van der Waals surface area contributed by atoms with Gasteiger partial charge < -0.3 is 14.8 Å². The van der Waals surface area contributed by atoms with Gasteiger partial charge in [0.25, 0.3) is 0 Å². The van der Waals surface area contributed by atoms with Crippen LogP contribution in [0.15, 0.2) is 0 Å². The number of ketones is 1. The molecule has 0 saturated carbocycles. The van der Waals surface area contributed by atoms with E-state index >= 15 is 0 Å². The number of carbonyl (C=O) groups excluding carboxylic acids is 2. The summed E-state index contributed by atoms with van der Waals surface area (Å²) < 4.78 is 10.5. The van der Waals surface area contributed by atoms with Crippen LogP contribution in [0.3, 0.4) is 0 Å². The molecule has 0 aromatic rings. The zero-order chi connectivity index (χ0) is 20.0. The summed E-state index contributed by atoms with van der Waals surface area (Å²) in [6.07, 6.45) is 7.73. The van der Waals surface area contributed by atoms with Crippen LogP contribution in [0.5, 0.6) is 0 Å². The molecule has 0 heterocycles. The zero-order valence-electron chi connectivity index (χ0n) is 17.9. The third kappa shape index (κ3) is 21.1. The third-order valence-electron chi connectivity index (χ3n) is 3.87. The fourth-order valence-corrected chi connectivity index (χ4v) is 2.30. The molecule has 0 unspecified atom stereocenters. The van der Waals surface area contributed by atoms with E-state index in [2.05, 4.69) is 5.32 Å². The molecule has 0 bridgehead atoms. The minimum Gasteiger partial charge on any atom is -0.379 e. The molecule has 0 atom stereocenters. The van der Waals surface area contributed by atoms with Crippen molar-refractivity contribution in [3.8, 4) is 0 Å². The molecule has 0 aliphatic carbocycles. The van der Waals surface area contributed by atoms with E-state index in [0.717, 1.165) is 38.5 Å². The molecule has 0 spiro atoms. The van der Waals surface area contributed by atoms with Crippen molar-refractivity contribution in [3.63, 3.8) is 0 Å². The van der Waals surface area contributed by atoms with Crippen LogP contribution in [0.1, 0.15) is 87.4 Å². The molecule has 5 nitrogen and oxygen atoms in total. The van der Waals surface area contributed by atoms with Gasteiger partial charge in [0, 0.05) is 33.3 Å². The van der Waals surface area contributed by atoms with Crippen LogP contribution in [-0.2, 0) is 19.1 Å². The Labute approximate surface area is 163 Å². The van der Waals surface area contributed by atoms with Crippen LogP contribution in [0.2, 0.25) is 0 Å². The Bertz CT molecular complexity index is 325. The first kappa shape index (κ1) is 27.3. The molecule has 0 aliphatic heterocycles. The molecule has 1 N–H and O–H groups in total. The largest absolute Gasteiger partial charge is 0.379 e. The molecule has 0 aromatic carbocycles. The van der Waals surface area contributed by atoms with Gasteiger partial charge in [-0.25, -0.2) is 0 Å². The van der Waals surface area contributed by atoms with Crippen molar-refractivity contribution < 1.29 is 20.5 Å². The summed E-state index contributed by atoms with van der Waals surface area (Å²) in [5.74, 6) is 0.637. The number of amides is 1. The topological polar surface area (TPSA) is 64.6 Å². The van der Waals surface area contributed by atoms with Gasteiger partial charge in [-0.15, -0.1) is 0 Å². The van der Waals surface area contributed by atoms with Crippen LogP contribution in [-0.4, -0.2) is 44.7 Å². The van der Waals surface area contributed by atoms with Crippen LogP contribution in [0, 0.1) is 5.92 Å². The molecule has 0 rings (SSSR count).